The number of rotatable bonds is 6. The van der Waals surface area contributed by atoms with E-state index in [-0.39, 0.29) is 0 Å². The Bertz CT molecular complexity index is 852. The number of aromatic nitrogens is 1. The first-order chi connectivity index (χ1) is 12.2. The zero-order chi connectivity index (χ0) is 17.6. The molecule has 0 fully saturated rings. The van der Waals surface area contributed by atoms with Crippen molar-refractivity contribution in [1.82, 2.24) is 4.37 Å². The lowest BCUT2D eigenvalue weighted by molar-refractivity contribution is 1.22. The van der Waals surface area contributed by atoms with Crippen molar-refractivity contribution < 1.29 is 0 Å². The lowest BCUT2D eigenvalue weighted by Crippen LogP contribution is -1.85. The molecule has 25 heavy (non-hydrogen) atoms. The van der Waals surface area contributed by atoms with Gasteiger partial charge in [0.15, 0.2) is 0 Å². The van der Waals surface area contributed by atoms with Crippen LogP contribution in [0.1, 0.15) is 16.7 Å². The minimum Gasteiger partial charge on any atom is -0.192 e. The van der Waals surface area contributed by atoms with Crippen LogP contribution in [0.4, 0.5) is 0 Å². The molecular weight excluding hydrogens is 411 g/mol. The van der Waals surface area contributed by atoms with Crippen LogP contribution < -0.4 is 0 Å². The van der Waals surface area contributed by atoms with E-state index < -0.39 is 0 Å². The van der Waals surface area contributed by atoms with Gasteiger partial charge in [-0.3, -0.25) is 0 Å². The molecule has 0 aliphatic carbocycles. The molecule has 0 aliphatic rings. The second-order valence-electron chi connectivity index (χ2n) is 5.02. The summed E-state index contributed by atoms with van der Waals surface area (Å²) >= 11 is 16.9. The van der Waals surface area contributed by atoms with Gasteiger partial charge in [0.1, 0.15) is 16.7 Å². The predicted molar refractivity (Wildman–Crippen MR) is 109 cm³/mol. The van der Waals surface area contributed by atoms with E-state index in [4.69, 9.17) is 23.2 Å². The van der Waals surface area contributed by atoms with E-state index in [0.717, 1.165) is 30.4 Å². The SMILES string of the molecule is N#Cc1c(SCc2ccccc2Cl)nsc1SCc1ccccc1Cl. The van der Waals surface area contributed by atoms with Gasteiger partial charge in [-0.1, -0.05) is 71.4 Å². The minimum absolute atomic E-state index is 0.638. The van der Waals surface area contributed by atoms with Crippen LogP contribution in [-0.2, 0) is 11.5 Å². The highest BCUT2D eigenvalue weighted by Gasteiger charge is 2.15. The summed E-state index contributed by atoms with van der Waals surface area (Å²) in [6.07, 6.45) is 0. The molecule has 0 bridgehead atoms. The lowest BCUT2D eigenvalue weighted by Gasteiger charge is -2.03. The Morgan fingerprint density at radius 1 is 0.920 bits per heavy atom. The number of nitriles is 1. The second kappa shape index (κ2) is 8.98. The summed E-state index contributed by atoms with van der Waals surface area (Å²) < 4.78 is 5.37. The van der Waals surface area contributed by atoms with Crippen molar-refractivity contribution in [3.8, 4) is 6.07 Å². The van der Waals surface area contributed by atoms with Crippen LogP contribution in [0.3, 0.4) is 0 Å². The molecule has 3 rings (SSSR count). The van der Waals surface area contributed by atoms with Crippen molar-refractivity contribution in [1.29, 1.82) is 5.26 Å². The molecule has 0 saturated carbocycles. The fourth-order valence-corrected chi connectivity index (χ4v) is 5.74. The largest absolute Gasteiger partial charge is 0.192 e. The Hall–Kier alpha value is -1.16. The van der Waals surface area contributed by atoms with Crippen molar-refractivity contribution in [2.24, 2.45) is 0 Å². The Morgan fingerprint density at radius 3 is 2.04 bits per heavy atom. The number of halogens is 2. The third-order valence-electron chi connectivity index (χ3n) is 3.38. The zero-order valence-electron chi connectivity index (χ0n) is 12.9. The number of benzene rings is 2. The van der Waals surface area contributed by atoms with Crippen LogP contribution in [0.15, 0.2) is 57.8 Å². The molecule has 1 aromatic heterocycles. The summed E-state index contributed by atoms with van der Waals surface area (Å²) in [7, 11) is 0. The smallest absolute Gasteiger partial charge is 0.129 e. The molecule has 0 aliphatic heterocycles. The highest BCUT2D eigenvalue weighted by atomic mass is 35.5. The first-order valence-corrected chi connectivity index (χ1v) is 10.8. The maximum Gasteiger partial charge on any atom is 0.129 e. The summed E-state index contributed by atoms with van der Waals surface area (Å²) in [5, 5.41) is 11.8. The Kier molecular flexibility index (Phi) is 6.69. The summed E-state index contributed by atoms with van der Waals surface area (Å²) in [6.45, 7) is 0. The first-order valence-electron chi connectivity index (χ1n) is 7.31. The summed E-state index contributed by atoms with van der Waals surface area (Å²) in [6, 6.07) is 17.7. The molecular formula is C18H12Cl2N2S3. The van der Waals surface area contributed by atoms with E-state index in [9.17, 15) is 5.26 Å². The molecule has 126 valence electrons. The fraction of sp³-hybridized carbons (Fsp3) is 0.111. The monoisotopic (exact) mass is 422 g/mol. The number of nitrogens with zero attached hydrogens (tertiary/aromatic N) is 2. The summed E-state index contributed by atoms with van der Waals surface area (Å²) in [5.41, 5.74) is 2.73. The third kappa shape index (κ3) is 4.72. The molecule has 3 aromatic rings. The zero-order valence-corrected chi connectivity index (χ0v) is 16.9. The molecule has 2 nitrogen and oxygen atoms in total. The van der Waals surface area contributed by atoms with Crippen molar-refractivity contribution in [3.63, 3.8) is 0 Å². The first kappa shape index (κ1) is 18.6. The molecule has 0 radical (unpaired) electrons. The molecule has 2 aromatic carbocycles. The van der Waals surface area contributed by atoms with Gasteiger partial charge < -0.3 is 0 Å². The lowest BCUT2D eigenvalue weighted by atomic mass is 10.2. The Labute approximate surface area is 169 Å². The standard InChI is InChI=1S/C18H12Cl2N2S3/c19-15-7-3-1-5-12(15)10-23-17-14(9-21)18(25-22-17)24-11-13-6-2-4-8-16(13)20/h1-8H,10-11H2. The molecule has 0 saturated heterocycles. The van der Waals surface area contributed by atoms with E-state index in [1.165, 1.54) is 23.3 Å². The topological polar surface area (TPSA) is 36.7 Å². The van der Waals surface area contributed by atoms with Gasteiger partial charge in [0, 0.05) is 21.6 Å². The van der Waals surface area contributed by atoms with Gasteiger partial charge >= 0.3 is 0 Å². The molecule has 0 atom stereocenters. The van der Waals surface area contributed by atoms with E-state index >= 15 is 0 Å². The van der Waals surface area contributed by atoms with Gasteiger partial charge in [0.2, 0.25) is 0 Å². The summed E-state index contributed by atoms with van der Waals surface area (Å²) in [5.74, 6) is 1.40. The quantitative estimate of drug-likeness (QED) is 0.404. The van der Waals surface area contributed by atoms with E-state index in [1.54, 1.807) is 11.8 Å². The van der Waals surface area contributed by atoms with Gasteiger partial charge in [-0.2, -0.15) is 9.64 Å². The maximum absolute atomic E-state index is 9.53. The van der Waals surface area contributed by atoms with Crippen LogP contribution in [0.2, 0.25) is 10.0 Å². The van der Waals surface area contributed by atoms with Crippen LogP contribution in [0, 0.1) is 11.3 Å². The van der Waals surface area contributed by atoms with E-state index in [1.807, 2.05) is 48.5 Å². The number of thioether (sulfide) groups is 2. The molecule has 0 amide bonds. The Morgan fingerprint density at radius 2 is 1.48 bits per heavy atom. The third-order valence-corrected chi connectivity index (χ3v) is 7.40. The van der Waals surface area contributed by atoms with Crippen molar-refractivity contribution in [3.05, 3.63) is 75.3 Å². The molecule has 0 spiro atoms. The molecule has 7 heteroatoms. The molecule has 0 unspecified atom stereocenters. The van der Waals surface area contributed by atoms with Crippen LogP contribution >= 0.6 is 58.3 Å². The average Bonchev–Trinajstić information content (AvgIpc) is 3.02. The normalized spacial score (nSPS) is 10.6. The van der Waals surface area contributed by atoms with Crippen molar-refractivity contribution >= 4 is 58.3 Å². The van der Waals surface area contributed by atoms with E-state index in [0.29, 0.717) is 17.1 Å². The van der Waals surface area contributed by atoms with Gasteiger partial charge in [0.25, 0.3) is 0 Å². The van der Waals surface area contributed by atoms with E-state index in [2.05, 4.69) is 10.4 Å². The average molecular weight is 423 g/mol. The van der Waals surface area contributed by atoms with Crippen LogP contribution in [0.5, 0.6) is 0 Å². The Balaban J connectivity index is 1.70. The predicted octanol–water partition coefficient (Wildman–Crippen LogP) is 6.91. The van der Waals surface area contributed by atoms with Gasteiger partial charge in [-0.15, -0.1) is 11.8 Å². The highest BCUT2D eigenvalue weighted by molar-refractivity contribution is 8.00. The highest BCUT2D eigenvalue weighted by Crippen LogP contribution is 2.38. The van der Waals surface area contributed by atoms with Gasteiger partial charge in [-0.05, 0) is 34.8 Å². The van der Waals surface area contributed by atoms with Gasteiger partial charge in [0.05, 0.1) is 4.21 Å². The van der Waals surface area contributed by atoms with Crippen molar-refractivity contribution in [2.45, 2.75) is 20.7 Å². The minimum atomic E-state index is 0.638. The maximum atomic E-state index is 9.53. The van der Waals surface area contributed by atoms with Crippen molar-refractivity contribution in [2.75, 3.05) is 0 Å². The van der Waals surface area contributed by atoms with Crippen LogP contribution in [-0.4, -0.2) is 4.37 Å². The second-order valence-corrected chi connectivity index (χ2v) is 8.82. The molecule has 1 heterocycles. The number of hydrogen-bond acceptors (Lipinski definition) is 5. The fourth-order valence-electron chi connectivity index (χ4n) is 2.07. The van der Waals surface area contributed by atoms with Crippen LogP contribution in [0.25, 0.3) is 0 Å². The van der Waals surface area contributed by atoms with Gasteiger partial charge in [-0.25, -0.2) is 0 Å². The number of hydrogen-bond donors (Lipinski definition) is 0. The molecule has 0 N–H and O–H groups in total. The summed E-state index contributed by atoms with van der Waals surface area (Å²) in [4.78, 5) is 0.